The highest BCUT2D eigenvalue weighted by molar-refractivity contribution is 5.94. The van der Waals surface area contributed by atoms with Crippen molar-refractivity contribution in [1.29, 1.82) is 0 Å². The molecule has 0 N–H and O–H groups in total. The van der Waals surface area contributed by atoms with Crippen molar-refractivity contribution in [1.82, 2.24) is 0 Å². The summed E-state index contributed by atoms with van der Waals surface area (Å²) in [5, 5.41) is 0. The average Bonchev–Trinajstić information content (AvgIpc) is 2.05. The second-order valence-electron chi connectivity index (χ2n) is 2.29. The molecule has 0 aliphatic heterocycles. The Kier molecular flexibility index (Phi) is 2.26. The van der Waals surface area contributed by atoms with E-state index in [0.29, 0.717) is 5.56 Å². The summed E-state index contributed by atoms with van der Waals surface area (Å²) in [7, 11) is 1.58. The molecule has 0 aliphatic rings. The van der Waals surface area contributed by atoms with E-state index >= 15 is 0 Å². The summed E-state index contributed by atoms with van der Waals surface area (Å²) in [5.41, 5.74) is 0.685. The quantitative estimate of drug-likeness (QED) is 0.605. The van der Waals surface area contributed by atoms with Crippen molar-refractivity contribution in [3.63, 3.8) is 0 Å². The summed E-state index contributed by atoms with van der Waals surface area (Å²) in [4.78, 5) is 10.9. The smallest absolute Gasteiger partial charge is 0.159 e. The summed E-state index contributed by atoms with van der Waals surface area (Å²) in [5.74, 6) is 0.779. The van der Waals surface area contributed by atoms with Crippen LogP contribution < -0.4 is 4.74 Å². The molecule has 2 nitrogen and oxygen atoms in total. The molecule has 0 fully saturated rings. The Labute approximate surface area is 65.8 Å². The first-order valence-electron chi connectivity index (χ1n) is 3.39. The van der Waals surface area contributed by atoms with Crippen LogP contribution in [-0.2, 0) is 0 Å². The zero-order valence-corrected chi connectivity index (χ0v) is 6.63. The van der Waals surface area contributed by atoms with Crippen LogP contribution in [0.15, 0.2) is 24.3 Å². The van der Waals surface area contributed by atoms with Crippen LogP contribution in [0, 0.1) is 0 Å². The molecule has 1 aromatic carbocycles. The van der Waals surface area contributed by atoms with Crippen LogP contribution in [0.4, 0.5) is 0 Å². The summed E-state index contributed by atoms with van der Waals surface area (Å²) < 4.78 is 4.95. The molecule has 0 aliphatic carbocycles. The molecule has 0 aromatic heterocycles. The van der Waals surface area contributed by atoms with Crippen LogP contribution in [0.1, 0.15) is 17.3 Å². The van der Waals surface area contributed by atoms with E-state index in [1.54, 1.807) is 25.3 Å². The highest BCUT2D eigenvalue weighted by Gasteiger charge is 1.98. The number of carbonyl (C=O) groups is 1. The van der Waals surface area contributed by atoms with Gasteiger partial charge in [-0.15, -0.1) is 0 Å². The Morgan fingerprint density at radius 3 is 2.73 bits per heavy atom. The first-order valence-corrected chi connectivity index (χ1v) is 3.39. The van der Waals surface area contributed by atoms with Gasteiger partial charge < -0.3 is 4.74 Å². The van der Waals surface area contributed by atoms with Gasteiger partial charge in [0, 0.05) is 5.56 Å². The minimum absolute atomic E-state index is 0.0592. The van der Waals surface area contributed by atoms with E-state index in [4.69, 9.17) is 4.74 Å². The maximum Gasteiger partial charge on any atom is 0.159 e. The van der Waals surface area contributed by atoms with Gasteiger partial charge in [-0.1, -0.05) is 12.1 Å². The maximum absolute atomic E-state index is 10.9. The number of Topliss-reactive ketones (excluding diaryl/α,β-unsaturated/α-hetero) is 1. The number of ketones is 1. The zero-order chi connectivity index (χ0) is 8.27. The van der Waals surface area contributed by atoms with E-state index in [0.717, 1.165) is 5.75 Å². The van der Waals surface area contributed by atoms with Gasteiger partial charge in [0.25, 0.3) is 0 Å². The van der Waals surface area contributed by atoms with E-state index in [2.05, 4.69) is 0 Å². The molecule has 58 valence electrons. The minimum Gasteiger partial charge on any atom is -0.497 e. The molecular formula is C9H10O2. The normalized spacial score (nSPS) is 9.27. The van der Waals surface area contributed by atoms with Gasteiger partial charge in [-0.3, -0.25) is 4.79 Å². The molecule has 1 aromatic rings. The average molecular weight is 152 g/mol. The first-order chi connectivity index (χ1) is 5.24. The zero-order valence-electron chi connectivity index (χ0n) is 6.63. The maximum atomic E-state index is 10.9. The predicted octanol–water partition coefficient (Wildman–Crippen LogP) is 1.90. The number of rotatable bonds is 2. The van der Waals surface area contributed by atoms with Gasteiger partial charge in [0.1, 0.15) is 5.75 Å². The number of hydrogen-bond donors (Lipinski definition) is 0. The molecule has 0 amide bonds. The van der Waals surface area contributed by atoms with Crippen molar-refractivity contribution in [2.24, 2.45) is 0 Å². The molecule has 0 atom stereocenters. The van der Waals surface area contributed by atoms with Crippen LogP contribution in [0.3, 0.4) is 0 Å². The van der Waals surface area contributed by atoms with Crippen molar-refractivity contribution in [3.05, 3.63) is 29.8 Å². The molecule has 0 spiro atoms. The second kappa shape index (κ2) is 3.19. The van der Waals surface area contributed by atoms with Crippen LogP contribution in [0.25, 0.3) is 0 Å². The SMILES string of the molecule is COc1cccc([14C](C)=O)c1. The largest absolute Gasteiger partial charge is 0.497 e. The summed E-state index contributed by atoms with van der Waals surface area (Å²) in [6.07, 6.45) is 0. The molecule has 1 rings (SSSR count). The van der Waals surface area contributed by atoms with Gasteiger partial charge in [-0.2, -0.15) is 0 Å². The Morgan fingerprint density at radius 2 is 2.18 bits per heavy atom. The molecule has 0 saturated heterocycles. The number of methoxy groups -OCH3 is 1. The van der Waals surface area contributed by atoms with Crippen LogP contribution in [0.5, 0.6) is 5.75 Å². The fraction of sp³-hybridized carbons (Fsp3) is 0.222. The van der Waals surface area contributed by atoms with Crippen molar-refractivity contribution in [2.45, 2.75) is 6.92 Å². The molecule has 0 unspecified atom stereocenters. The highest BCUT2D eigenvalue weighted by Crippen LogP contribution is 2.12. The van der Waals surface area contributed by atoms with Crippen molar-refractivity contribution in [3.8, 4) is 5.75 Å². The van der Waals surface area contributed by atoms with E-state index in [-0.39, 0.29) is 5.78 Å². The predicted molar refractivity (Wildman–Crippen MR) is 43.0 cm³/mol. The lowest BCUT2D eigenvalue weighted by atomic mass is 10.3. The van der Waals surface area contributed by atoms with E-state index < -0.39 is 0 Å². The standard InChI is InChI=1S/C9H10O2/c1-7(10)8-4-3-5-9(6-8)11-2/h3-6H,1-2H3/i7+2. The van der Waals surface area contributed by atoms with Crippen molar-refractivity contribution < 1.29 is 9.53 Å². The number of hydrogen-bond acceptors (Lipinski definition) is 2. The lowest BCUT2D eigenvalue weighted by Gasteiger charge is -1.99. The van der Waals surface area contributed by atoms with Gasteiger partial charge in [-0.25, -0.2) is 0 Å². The molecule has 11 heavy (non-hydrogen) atoms. The van der Waals surface area contributed by atoms with Gasteiger partial charge in [0.2, 0.25) is 0 Å². The lowest BCUT2D eigenvalue weighted by Crippen LogP contribution is -1.92. The minimum atomic E-state index is 0.0592. The number of benzene rings is 1. The van der Waals surface area contributed by atoms with Crippen molar-refractivity contribution in [2.75, 3.05) is 7.11 Å². The Morgan fingerprint density at radius 1 is 1.45 bits per heavy atom. The van der Waals surface area contributed by atoms with Gasteiger partial charge in [0.05, 0.1) is 7.11 Å². The second-order valence-corrected chi connectivity index (χ2v) is 2.29. The third-order valence-electron chi connectivity index (χ3n) is 1.48. The summed E-state index contributed by atoms with van der Waals surface area (Å²) >= 11 is 0. The molecule has 0 heterocycles. The third kappa shape index (κ3) is 1.80. The number of ether oxygens (including phenoxy) is 1. The molecule has 2 heteroatoms. The lowest BCUT2D eigenvalue weighted by molar-refractivity contribution is 0.101. The van der Waals surface area contributed by atoms with Gasteiger partial charge >= 0.3 is 0 Å². The summed E-state index contributed by atoms with van der Waals surface area (Å²) in [6, 6.07) is 7.11. The Bertz CT molecular complexity index is 266. The Balaban J connectivity index is 3.01. The topological polar surface area (TPSA) is 26.3 Å². The van der Waals surface area contributed by atoms with Crippen LogP contribution in [0.2, 0.25) is 0 Å². The fourth-order valence-electron chi connectivity index (χ4n) is 0.842. The highest BCUT2D eigenvalue weighted by atomic mass is 16.5. The summed E-state index contributed by atoms with van der Waals surface area (Å²) in [6.45, 7) is 1.54. The Hall–Kier alpha value is -1.31. The number of carbonyl (C=O) groups excluding carboxylic acids is 1. The first kappa shape index (κ1) is 7.79. The molecule has 0 radical (unpaired) electrons. The fourth-order valence-corrected chi connectivity index (χ4v) is 0.842. The van der Waals surface area contributed by atoms with Crippen LogP contribution in [-0.4, -0.2) is 12.9 Å². The van der Waals surface area contributed by atoms with Gasteiger partial charge in [0.15, 0.2) is 5.78 Å². The van der Waals surface area contributed by atoms with E-state index in [9.17, 15) is 4.79 Å². The molecule has 0 bridgehead atoms. The van der Waals surface area contributed by atoms with Gasteiger partial charge in [-0.05, 0) is 19.1 Å². The van der Waals surface area contributed by atoms with Crippen molar-refractivity contribution >= 4 is 5.78 Å². The molecule has 0 saturated carbocycles. The van der Waals surface area contributed by atoms with Crippen LogP contribution >= 0.6 is 0 Å². The monoisotopic (exact) mass is 152 g/mol. The third-order valence-corrected chi connectivity index (χ3v) is 1.48. The van der Waals surface area contributed by atoms with E-state index in [1.807, 2.05) is 6.07 Å². The molecular weight excluding hydrogens is 142 g/mol. The van der Waals surface area contributed by atoms with E-state index in [1.165, 1.54) is 6.92 Å².